The van der Waals surface area contributed by atoms with Crippen molar-refractivity contribution in [1.29, 1.82) is 0 Å². The lowest BCUT2D eigenvalue weighted by molar-refractivity contribution is -0.0367. The smallest absolute Gasteiger partial charge is 0.208 e. The van der Waals surface area contributed by atoms with E-state index in [9.17, 15) is 0 Å². The van der Waals surface area contributed by atoms with Gasteiger partial charge in [-0.15, -0.1) is 0 Å². The first-order valence-corrected chi connectivity index (χ1v) is 7.59. The van der Waals surface area contributed by atoms with Crippen LogP contribution in [0.15, 0.2) is 40.9 Å². The van der Waals surface area contributed by atoms with Crippen molar-refractivity contribution in [3.63, 3.8) is 0 Å². The number of hydrogen-bond acceptors (Lipinski definition) is 4. The number of aromatic nitrogens is 1. The first kappa shape index (κ1) is 14.3. The van der Waals surface area contributed by atoms with E-state index in [1.165, 1.54) is 5.56 Å². The van der Waals surface area contributed by atoms with Crippen molar-refractivity contribution in [3.8, 4) is 0 Å². The average Bonchev–Trinajstić information content (AvgIpc) is 2.92. The van der Waals surface area contributed by atoms with Gasteiger partial charge in [-0.25, -0.2) is 4.98 Å². The van der Waals surface area contributed by atoms with Gasteiger partial charge in [-0.05, 0) is 25.3 Å². The summed E-state index contributed by atoms with van der Waals surface area (Å²) in [6, 6.07) is 10.6. The Morgan fingerprint density at radius 1 is 1.29 bits per heavy atom. The highest BCUT2D eigenvalue weighted by atomic mass is 16.5. The molecule has 1 atom stereocenters. The minimum absolute atomic E-state index is 0.301. The zero-order valence-corrected chi connectivity index (χ0v) is 12.5. The predicted octanol–water partition coefficient (Wildman–Crippen LogP) is 2.82. The van der Waals surface area contributed by atoms with Crippen LogP contribution in [0.25, 0.3) is 0 Å². The van der Waals surface area contributed by atoms with E-state index in [4.69, 9.17) is 9.15 Å². The predicted molar refractivity (Wildman–Crippen MR) is 81.0 cm³/mol. The molecule has 4 heteroatoms. The standard InChI is InChI=1S/C17H22N2O2/c1-14-11-18-17(21-14)13-19-9-10-20-16(12-19)8-7-15-5-3-2-4-6-15/h2-6,11,16H,7-10,12-13H2,1H3/t16-/m0/s1. The molecule has 1 aromatic carbocycles. The Morgan fingerprint density at radius 2 is 2.14 bits per heavy atom. The van der Waals surface area contributed by atoms with E-state index < -0.39 is 0 Å². The van der Waals surface area contributed by atoms with E-state index >= 15 is 0 Å². The monoisotopic (exact) mass is 286 g/mol. The molecule has 1 aliphatic heterocycles. The molecule has 0 spiro atoms. The van der Waals surface area contributed by atoms with E-state index in [1.807, 2.05) is 6.92 Å². The minimum atomic E-state index is 0.301. The SMILES string of the molecule is Cc1cnc(CN2CCO[C@@H](CCc3ccccc3)C2)o1. The van der Waals surface area contributed by atoms with E-state index in [2.05, 4.69) is 40.2 Å². The molecule has 2 aromatic rings. The number of morpholine rings is 1. The van der Waals surface area contributed by atoms with Crippen molar-refractivity contribution >= 4 is 0 Å². The van der Waals surface area contributed by atoms with Gasteiger partial charge < -0.3 is 9.15 Å². The number of benzene rings is 1. The third kappa shape index (κ3) is 4.16. The van der Waals surface area contributed by atoms with Gasteiger partial charge in [-0.1, -0.05) is 30.3 Å². The van der Waals surface area contributed by atoms with Crippen LogP contribution in [0.1, 0.15) is 23.6 Å². The molecular weight excluding hydrogens is 264 g/mol. The zero-order chi connectivity index (χ0) is 14.5. The quantitative estimate of drug-likeness (QED) is 0.847. The zero-order valence-electron chi connectivity index (χ0n) is 12.5. The number of oxazole rings is 1. The molecule has 21 heavy (non-hydrogen) atoms. The molecule has 0 unspecified atom stereocenters. The highest BCUT2D eigenvalue weighted by molar-refractivity contribution is 5.14. The lowest BCUT2D eigenvalue weighted by Gasteiger charge is -2.32. The van der Waals surface area contributed by atoms with Gasteiger partial charge in [0.25, 0.3) is 0 Å². The lowest BCUT2D eigenvalue weighted by atomic mass is 10.1. The molecule has 0 radical (unpaired) electrons. The van der Waals surface area contributed by atoms with E-state index in [0.29, 0.717) is 6.10 Å². The van der Waals surface area contributed by atoms with Crippen molar-refractivity contribution < 1.29 is 9.15 Å². The van der Waals surface area contributed by atoms with Crippen molar-refractivity contribution in [2.75, 3.05) is 19.7 Å². The number of ether oxygens (including phenoxy) is 1. The minimum Gasteiger partial charge on any atom is -0.445 e. The summed E-state index contributed by atoms with van der Waals surface area (Å²) in [4.78, 5) is 6.64. The topological polar surface area (TPSA) is 38.5 Å². The number of hydrogen-bond donors (Lipinski definition) is 0. The largest absolute Gasteiger partial charge is 0.445 e. The molecule has 0 bridgehead atoms. The summed E-state index contributed by atoms with van der Waals surface area (Å²) in [5.41, 5.74) is 1.38. The van der Waals surface area contributed by atoms with Crippen LogP contribution in [0.3, 0.4) is 0 Å². The fraction of sp³-hybridized carbons (Fsp3) is 0.471. The number of rotatable bonds is 5. The Kier molecular flexibility index (Phi) is 4.68. The van der Waals surface area contributed by atoms with Gasteiger partial charge in [0, 0.05) is 13.1 Å². The van der Waals surface area contributed by atoms with Gasteiger partial charge in [0.05, 0.1) is 25.5 Å². The van der Waals surface area contributed by atoms with Gasteiger partial charge >= 0.3 is 0 Å². The van der Waals surface area contributed by atoms with Gasteiger partial charge in [0.15, 0.2) is 0 Å². The van der Waals surface area contributed by atoms with E-state index in [0.717, 1.165) is 50.7 Å². The Hall–Kier alpha value is -1.65. The Bertz CT molecular complexity index is 553. The van der Waals surface area contributed by atoms with Crippen LogP contribution < -0.4 is 0 Å². The molecule has 0 amide bonds. The third-order valence-corrected chi connectivity index (χ3v) is 3.85. The molecule has 1 saturated heterocycles. The second-order valence-electron chi connectivity index (χ2n) is 5.62. The van der Waals surface area contributed by atoms with Crippen molar-refractivity contribution in [3.05, 3.63) is 53.7 Å². The summed E-state index contributed by atoms with van der Waals surface area (Å²) in [5, 5.41) is 0. The second-order valence-corrected chi connectivity index (χ2v) is 5.62. The van der Waals surface area contributed by atoms with E-state index in [1.54, 1.807) is 6.20 Å². The van der Waals surface area contributed by atoms with Crippen LogP contribution in [0.5, 0.6) is 0 Å². The molecular formula is C17H22N2O2. The summed E-state index contributed by atoms with van der Waals surface area (Å²) in [7, 11) is 0. The van der Waals surface area contributed by atoms with Crippen LogP contribution in [0, 0.1) is 6.92 Å². The lowest BCUT2D eigenvalue weighted by Crippen LogP contribution is -2.42. The van der Waals surface area contributed by atoms with E-state index in [-0.39, 0.29) is 0 Å². The summed E-state index contributed by atoms with van der Waals surface area (Å²) in [5.74, 6) is 1.68. The fourth-order valence-corrected chi connectivity index (χ4v) is 2.74. The van der Waals surface area contributed by atoms with Crippen molar-refractivity contribution in [1.82, 2.24) is 9.88 Å². The summed E-state index contributed by atoms with van der Waals surface area (Å²) in [6.07, 6.45) is 4.21. The molecule has 0 saturated carbocycles. The first-order valence-electron chi connectivity index (χ1n) is 7.59. The van der Waals surface area contributed by atoms with Crippen LogP contribution in [-0.2, 0) is 17.7 Å². The van der Waals surface area contributed by atoms with Crippen molar-refractivity contribution in [2.45, 2.75) is 32.4 Å². The third-order valence-electron chi connectivity index (χ3n) is 3.85. The van der Waals surface area contributed by atoms with Crippen molar-refractivity contribution in [2.24, 2.45) is 0 Å². The maximum Gasteiger partial charge on any atom is 0.208 e. The van der Waals surface area contributed by atoms with Crippen LogP contribution >= 0.6 is 0 Å². The summed E-state index contributed by atoms with van der Waals surface area (Å²) in [6.45, 7) is 5.40. The summed E-state index contributed by atoms with van der Waals surface area (Å²) >= 11 is 0. The second kappa shape index (κ2) is 6.87. The highest BCUT2D eigenvalue weighted by Crippen LogP contribution is 2.15. The maximum atomic E-state index is 5.88. The molecule has 1 fully saturated rings. The molecule has 0 aliphatic carbocycles. The molecule has 112 valence electrons. The molecule has 4 nitrogen and oxygen atoms in total. The highest BCUT2D eigenvalue weighted by Gasteiger charge is 2.21. The van der Waals surface area contributed by atoms with Gasteiger partial charge in [-0.2, -0.15) is 0 Å². The maximum absolute atomic E-state index is 5.88. The average molecular weight is 286 g/mol. The molecule has 3 rings (SSSR count). The number of nitrogens with zero attached hydrogens (tertiary/aromatic N) is 2. The normalized spacial score (nSPS) is 19.8. The Balaban J connectivity index is 1.49. The van der Waals surface area contributed by atoms with Gasteiger partial charge in [0.1, 0.15) is 5.76 Å². The summed E-state index contributed by atoms with van der Waals surface area (Å²) < 4.78 is 11.4. The van der Waals surface area contributed by atoms with Crippen LogP contribution in [-0.4, -0.2) is 35.7 Å². The van der Waals surface area contributed by atoms with Gasteiger partial charge in [0.2, 0.25) is 5.89 Å². The molecule has 2 heterocycles. The first-order chi connectivity index (χ1) is 10.3. The fourth-order valence-electron chi connectivity index (χ4n) is 2.74. The van der Waals surface area contributed by atoms with Gasteiger partial charge in [-0.3, -0.25) is 4.90 Å². The van der Waals surface area contributed by atoms with Crippen LogP contribution in [0.4, 0.5) is 0 Å². The molecule has 1 aromatic heterocycles. The Labute approximate surface area is 125 Å². The molecule has 0 N–H and O–H groups in total. The van der Waals surface area contributed by atoms with Crippen LogP contribution in [0.2, 0.25) is 0 Å². The molecule has 1 aliphatic rings. The Morgan fingerprint density at radius 3 is 2.90 bits per heavy atom. The number of aryl methyl sites for hydroxylation is 2.